The minimum Gasteiger partial charge on any atom is -0.372 e. The Morgan fingerprint density at radius 2 is 1.75 bits per heavy atom. The Bertz CT molecular complexity index is 661. The van der Waals surface area contributed by atoms with Crippen molar-refractivity contribution in [2.75, 3.05) is 29.4 Å². The van der Waals surface area contributed by atoms with E-state index in [1.807, 2.05) is 0 Å². The van der Waals surface area contributed by atoms with Crippen LogP contribution in [-0.4, -0.2) is 25.7 Å². The SMILES string of the molecule is CCN(CC)c1ccc(C(CN)N2c3ccccc3CC2C)cc1. The van der Waals surface area contributed by atoms with E-state index in [-0.39, 0.29) is 6.04 Å². The first-order valence-electron chi connectivity index (χ1n) is 9.10. The second kappa shape index (κ2) is 7.27. The first kappa shape index (κ1) is 16.8. The molecule has 2 aromatic rings. The number of nitrogens with two attached hydrogens (primary N) is 1. The van der Waals surface area contributed by atoms with E-state index < -0.39 is 0 Å². The van der Waals surface area contributed by atoms with Crippen molar-refractivity contribution in [3.05, 3.63) is 59.7 Å². The van der Waals surface area contributed by atoms with Gasteiger partial charge in [0.1, 0.15) is 0 Å². The predicted octanol–water partition coefficient (Wildman–Crippen LogP) is 3.98. The average molecular weight is 323 g/mol. The van der Waals surface area contributed by atoms with E-state index in [2.05, 4.69) is 79.1 Å². The van der Waals surface area contributed by atoms with Gasteiger partial charge in [-0.2, -0.15) is 0 Å². The standard InChI is InChI=1S/C21H29N3/c1-4-23(5-2)19-12-10-17(11-13-19)21(15-22)24-16(3)14-18-8-6-7-9-20(18)24/h6-13,16,21H,4-5,14-15,22H2,1-3H3. The van der Waals surface area contributed by atoms with Gasteiger partial charge in [0.05, 0.1) is 6.04 Å². The molecule has 24 heavy (non-hydrogen) atoms. The van der Waals surface area contributed by atoms with Crippen LogP contribution in [-0.2, 0) is 6.42 Å². The summed E-state index contributed by atoms with van der Waals surface area (Å²) in [6.07, 6.45) is 1.10. The van der Waals surface area contributed by atoms with E-state index in [0.717, 1.165) is 19.5 Å². The molecule has 1 aliphatic heterocycles. The van der Waals surface area contributed by atoms with Crippen LogP contribution in [0.1, 0.15) is 37.9 Å². The van der Waals surface area contributed by atoms with Crippen molar-refractivity contribution < 1.29 is 0 Å². The molecule has 128 valence electrons. The Hall–Kier alpha value is -2.00. The van der Waals surface area contributed by atoms with Crippen LogP contribution in [0.15, 0.2) is 48.5 Å². The Morgan fingerprint density at radius 1 is 1.08 bits per heavy atom. The van der Waals surface area contributed by atoms with Gasteiger partial charge in [-0.25, -0.2) is 0 Å². The van der Waals surface area contributed by atoms with Crippen molar-refractivity contribution >= 4 is 11.4 Å². The first-order chi connectivity index (χ1) is 11.7. The van der Waals surface area contributed by atoms with Crippen LogP contribution in [0.3, 0.4) is 0 Å². The second-order valence-electron chi connectivity index (χ2n) is 6.60. The van der Waals surface area contributed by atoms with E-state index in [1.165, 1.54) is 22.5 Å². The van der Waals surface area contributed by atoms with E-state index in [1.54, 1.807) is 0 Å². The first-order valence-corrected chi connectivity index (χ1v) is 9.10. The summed E-state index contributed by atoms with van der Waals surface area (Å²) in [7, 11) is 0. The maximum atomic E-state index is 6.20. The van der Waals surface area contributed by atoms with Crippen molar-refractivity contribution in [1.82, 2.24) is 0 Å². The van der Waals surface area contributed by atoms with Gasteiger partial charge in [-0.15, -0.1) is 0 Å². The summed E-state index contributed by atoms with van der Waals surface area (Å²) in [4.78, 5) is 4.87. The largest absolute Gasteiger partial charge is 0.372 e. The van der Waals surface area contributed by atoms with Crippen molar-refractivity contribution in [3.8, 4) is 0 Å². The molecule has 2 N–H and O–H groups in total. The van der Waals surface area contributed by atoms with Gasteiger partial charge in [0.15, 0.2) is 0 Å². The van der Waals surface area contributed by atoms with Gasteiger partial charge >= 0.3 is 0 Å². The van der Waals surface area contributed by atoms with Crippen LogP contribution in [0, 0.1) is 0 Å². The van der Waals surface area contributed by atoms with Crippen LogP contribution in [0.2, 0.25) is 0 Å². The van der Waals surface area contributed by atoms with Crippen LogP contribution < -0.4 is 15.5 Å². The van der Waals surface area contributed by atoms with Gasteiger partial charge < -0.3 is 15.5 Å². The third-order valence-corrected chi connectivity index (χ3v) is 5.23. The van der Waals surface area contributed by atoms with E-state index in [0.29, 0.717) is 12.6 Å². The molecule has 0 aromatic heterocycles. The normalized spacial score (nSPS) is 17.7. The van der Waals surface area contributed by atoms with Gasteiger partial charge in [0.25, 0.3) is 0 Å². The van der Waals surface area contributed by atoms with E-state index in [9.17, 15) is 0 Å². The second-order valence-corrected chi connectivity index (χ2v) is 6.60. The molecule has 2 unspecified atom stereocenters. The summed E-state index contributed by atoms with van der Waals surface area (Å²) >= 11 is 0. The topological polar surface area (TPSA) is 32.5 Å². The molecule has 0 radical (unpaired) electrons. The lowest BCUT2D eigenvalue weighted by molar-refractivity contribution is 0.569. The lowest BCUT2D eigenvalue weighted by atomic mass is 10.0. The van der Waals surface area contributed by atoms with E-state index in [4.69, 9.17) is 5.73 Å². The molecule has 0 aliphatic carbocycles. The van der Waals surface area contributed by atoms with Crippen LogP contribution >= 0.6 is 0 Å². The van der Waals surface area contributed by atoms with Gasteiger partial charge in [-0.1, -0.05) is 30.3 Å². The molecule has 1 aliphatic rings. The Labute approximate surface area is 146 Å². The fourth-order valence-electron chi connectivity index (χ4n) is 3.97. The zero-order valence-corrected chi connectivity index (χ0v) is 15.1. The average Bonchev–Trinajstić information content (AvgIpc) is 2.94. The molecule has 0 saturated heterocycles. The smallest absolute Gasteiger partial charge is 0.0668 e. The summed E-state index contributed by atoms with van der Waals surface area (Å²) in [5.41, 5.74) is 11.6. The fraction of sp³-hybridized carbons (Fsp3) is 0.429. The number of nitrogens with zero attached hydrogens (tertiary/aromatic N) is 2. The van der Waals surface area contributed by atoms with Crippen molar-refractivity contribution in [2.24, 2.45) is 5.73 Å². The minimum absolute atomic E-state index is 0.231. The molecule has 0 spiro atoms. The molecule has 0 fully saturated rings. The van der Waals surface area contributed by atoms with Crippen LogP contribution in [0.4, 0.5) is 11.4 Å². The van der Waals surface area contributed by atoms with Crippen molar-refractivity contribution in [1.29, 1.82) is 0 Å². The van der Waals surface area contributed by atoms with Crippen LogP contribution in [0.25, 0.3) is 0 Å². The maximum absolute atomic E-state index is 6.20. The number of hydrogen-bond donors (Lipinski definition) is 1. The molecule has 0 amide bonds. The highest BCUT2D eigenvalue weighted by Gasteiger charge is 2.31. The molecule has 0 bridgehead atoms. The minimum atomic E-state index is 0.231. The number of rotatable bonds is 6. The summed E-state index contributed by atoms with van der Waals surface area (Å²) in [6.45, 7) is 9.39. The van der Waals surface area contributed by atoms with Gasteiger partial charge in [0, 0.05) is 37.1 Å². The Morgan fingerprint density at radius 3 is 2.38 bits per heavy atom. The molecule has 3 nitrogen and oxygen atoms in total. The molecule has 0 saturated carbocycles. The zero-order chi connectivity index (χ0) is 17.1. The summed E-state index contributed by atoms with van der Waals surface area (Å²) < 4.78 is 0. The maximum Gasteiger partial charge on any atom is 0.0668 e. The van der Waals surface area contributed by atoms with Gasteiger partial charge in [-0.3, -0.25) is 0 Å². The number of anilines is 2. The molecular formula is C21H29N3. The lowest BCUT2D eigenvalue weighted by Gasteiger charge is -2.34. The molecule has 3 rings (SSSR count). The quantitative estimate of drug-likeness (QED) is 0.872. The molecule has 3 heteroatoms. The van der Waals surface area contributed by atoms with E-state index >= 15 is 0 Å². The van der Waals surface area contributed by atoms with Crippen molar-refractivity contribution in [2.45, 2.75) is 39.3 Å². The molecule has 1 heterocycles. The number of hydrogen-bond acceptors (Lipinski definition) is 3. The Balaban J connectivity index is 1.89. The number of para-hydroxylation sites is 1. The third-order valence-electron chi connectivity index (χ3n) is 5.23. The van der Waals surface area contributed by atoms with Crippen molar-refractivity contribution in [3.63, 3.8) is 0 Å². The third kappa shape index (κ3) is 3.01. The molecule has 2 atom stereocenters. The highest BCUT2D eigenvalue weighted by atomic mass is 15.2. The summed E-state index contributed by atoms with van der Waals surface area (Å²) in [6, 6.07) is 18.4. The molecular weight excluding hydrogens is 294 g/mol. The zero-order valence-electron chi connectivity index (χ0n) is 15.1. The monoisotopic (exact) mass is 323 g/mol. The lowest BCUT2D eigenvalue weighted by Crippen LogP contribution is -2.37. The fourth-order valence-corrected chi connectivity index (χ4v) is 3.97. The summed E-state index contributed by atoms with van der Waals surface area (Å²) in [5, 5.41) is 0. The predicted molar refractivity (Wildman–Crippen MR) is 104 cm³/mol. The van der Waals surface area contributed by atoms with Gasteiger partial charge in [-0.05, 0) is 56.5 Å². The highest BCUT2D eigenvalue weighted by Crippen LogP contribution is 2.38. The molecule has 2 aromatic carbocycles. The number of benzene rings is 2. The highest BCUT2D eigenvalue weighted by molar-refractivity contribution is 5.61. The number of fused-ring (bicyclic) bond motifs is 1. The van der Waals surface area contributed by atoms with Crippen LogP contribution in [0.5, 0.6) is 0 Å². The summed E-state index contributed by atoms with van der Waals surface area (Å²) in [5.74, 6) is 0. The Kier molecular flexibility index (Phi) is 5.10. The van der Waals surface area contributed by atoms with Gasteiger partial charge in [0.2, 0.25) is 0 Å².